The third-order valence-electron chi connectivity index (χ3n) is 2.69. The maximum absolute atomic E-state index is 13.4. The first-order chi connectivity index (χ1) is 8.02. The lowest BCUT2D eigenvalue weighted by atomic mass is 10.0. The molecule has 0 fully saturated rings. The standard InChI is InChI=1S/C14H20ClFO/c1-10(2)8-12(15)6-4-11-5-7-14(17-3)13(16)9-11/h5,7,9-10,12H,4,6,8H2,1-3H3. The molecule has 1 nitrogen and oxygen atoms in total. The minimum absolute atomic E-state index is 0.167. The van der Waals surface area contributed by atoms with Crippen molar-refractivity contribution in [1.82, 2.24) is 0 Å². The molecule has 0 aliphatic rings. The molecule has 1 aromatic rings. The van der Waals surface area contributed by atoms with E-state index < -0.39 is 0 Å². The molecule has 3 heteroatoms. The van der Waals surface area contributed by atoms with Crippen LogP contribution in [0.25, 0.3) is 0 Å². The molecule has 1 atom stereocenters. The van der Waals surface area contributed by atoms with Crippen molar-refractivity contribution in [2.45, 2.75) is 38.5 Å². The Labute approximate surface area is 108 Å². The van der Waals surface area contributed by atoms with Gasteiger partial charge in [-0.2, -0.15) is 0 Å². The minimum Gasteiger partial charge on any atom is -0.494 e. The summed E-state index contributed by atoms with van der Waals surface area (Å²) in [6.07, 6.45) is 2.69. The first kappa shape index (κ1) is 14.3. The Morgan fingerprint density at radius 3 is 2.59 bits per heavy atom. The van der Waals surface area contributed by atoms with Gasteiger partial charge in [0.15, 0.2) is 11.6 Å². The van der Waals surface area contributed by atoms with Gasteiger partial charge in [-0.25, -0.2) is 4.39 Å². The number of alkyl halides is 1. The first-order valence-electron chi connectivity index (χ1n) is 5.99. The molecule has 1 aromatic carbocycles. The maximum atomic E-state index is 13.4. The van der Waals surface area contributed by atoms with Crippen LogP contribution in [0.4, 0.5) is 4.39 Å². The molecule has 0 saturated heterocycles. The van der Waals surface area contributed by atoms with Gasteiger partial charge in [-0.3, -0.25) is 0 Å². The van der Waals surface area contributed by atoms with Crippen LogP contribution in [0.15, 0.2) is 18.2 Å². The van der Waals surface area contributed by atoms with Gasteiger partial charge >= 0.3 is 0 Å². The van der Waals surface area contributed by atoms with Crippen LogP contribution in [0.3, 0.4) is 0 Å². The van der Waals surface area contributed by atoms with Crippen LogP contribution in [0, 0.1) is 11.7 Å². The van der Waals surface area contributed by atoms with Gasteiger partial charge in [0, 0.05) is 5.38 Å². The quantitative estimate of drug-likeness (QED) is 0.687. The molecule has 0 aromatic heterocycles. The van der Waals surface area contributed by atoms with E-state index in [-0.39, 0.29) is 11.2 Å². The molecule has 0 aliphatic heterocycles. The number of aryl methyl sites for hydroxylation is 1. The predicted octanol–water partition coefficient (Wildman–Crippen LogP) is 4.42. The smallest absolute Gasteiger partial charge is 0.165 e. The number of methoxy groups -OCH3 is 1. The van der Waals surface area contributed by atoms with Gasteiger partial charge in [-0.15, -0.1) is 11.6 Å². The highest BCUT2D eigenvalue weighted by Crippen LogP contribution is 2.21. The Kier molecular flexibility index (Phi) is 5.76. The fraction of sp³-hybridized carbons (Fsp3) is 0.571. The summed E-state index contributed by atoms with van der Waals surface area (Å²) in [5.74, 6) is 0.587. The number of rotatable bonds is 6. The third-order valence-corrected chi connectivity index (χ3v) is 3.09. The van der Waals surface area contributed by atoms with Gasteiger partial charge in [0.25, 0.3) is 0 Å². The van der Waals surface area contributed by atoms with Crippen molar-refractivity contribution in [3.05, 3.63) is 29.6 Å². The van der Waals surface area contributed by atoms with E-state index in [4.69, 9.17) is 16.3 Å². The highest BCUT2D eigenvalue weighted by Gasteiger charge is 2.09. The van der Waals surface area contributed by atoms with Crippen molar-refractivity contribution in [3.63, 3.8) is 0 Å². The second-order valence-electron chi connectivity index (χ2n) is 4.73. The average molecular weight is 259 g/mol. The molecule has 0 heterocycles. The van der Waals surface area contributed by atoms with Gasteiger partial charge in [-0.1, -0.05) is 19.9 Å². The van der Waals surface area contributed by atoms with E-state index >= 15 is 0 Å². The Morgan fingerprint density at radius 2 is 2.06 bits per heavy atom. The summed E-state index contributed by atoms with van der Waals surface area (Å²) < 4.78 is 18.3. The summed E-state index contributed by atoms with van der Waals surface area (Å²) in [6.45, 7) is 4.31. The predicted molar refractivity (Wildman–Crippen MR) is 70.4 cm³/mol. The van der Waals surface area contributed by atoms with E-state index in [1.54, 1.807) is 6.07 Å². The fourth-order valence-corrected chi connectivity index (χ4v) is 2.28. The summed E-state index contributed by atoms with van der Waals surface area (Å²) in [4.78, 5) is 0. The number of halogens is 2. The lowest BCUT2D eigenvalue weighted by Crippen LogP contribution is -2.05. The van der Waals surface area contributed by atoms with Crippen LogP contribution >= 0.6 is 11.6 Å². The summed E-state index contributed by atoms with van der Waals surface area (Å²) in [6, 6.07) is 5.08. The Bertz CT molecular complexity index is 352. The molecular weight excluding hydrogens is 239 g/mol. The van der Waals surface area contributed by atoms with Crippen LogP contribution in [-0.2, 0) is 6.42 Å². The number of benzene rings is 1. The van der Waals surface area contributed by atoms with Crippen molar-refractivity contribution < 1.29 is 9.13 Å². The second kappa shape index (κ2) is 6.85. The zero-order valence-electron chi connectivity index (χ0n) is 10.7. The first-order valence-corrected chi connectivity index (χ1v) is 6.43. The lowest BCUT2D eigenvalue weighted by Gasteiger charge is -2.12. The molecular formula is C14H20ClFO. The molecule has 96 valence electrons. The fourth-order valence-electron chi connectivity index (χ4n) is 1.82. The summed E-state index contributed by atoms with van der Waals surface area (Å²) in [5, 5.41) is 0.167. The van der Waals surface area contributed by atoms with E-state index in [9.17, 15) is 4.39 Å². The zero-order chi connectivity index (χ0) is 12.8. The Balaban J connectivity index is 2.49. The molecule has 17 heavy (non-hydrogen) atoms. The van der Waals surface area contributed by atoms with Gasteiger partial charge < -0.3 is 4.74 Å². The van der Waals surface area contributed by atoms with Crippen LogP contribution in [0.2, 0.25) is 0 Å². The summed E-state index contributed by atoms with van der Waals surface area (Å²) >= 11 is 6.21. The van der Waals surface area contributed by atoms with Crippen molar-refractivity contribution in [2.75, 3.05) is 7.11 Å². The molecule has 0 radical (unpaired) electrons. The number of ether oxygens (including phenoxy) is 1. The normalized spacial score (nSPS) is 12.8. The van der Waals surface area contributed by atoms with Gasteiger partial charge in [0.05, 0.1) is 7.11 Å². The van der Waals surface area contributed by atoms with Gasteiger partial charge in [0.2, 0.25) is 0 Å². The Hall–Kier alpha value is -0.760. The third kappa shape index (κ3) is 4.95. The van der Waals surface area contributed by atoms with Crippen LogP contribution in [-0.4, -0.2) is 12.5 Å². The van der Waals surface area contributed by atoms with Crippen LogP contribution < -0.4 is 4.74 Å². The minimum atomic E-state index is -0.306. The summed E-state index contributed by atoms with van der Waals surface area (Å²) in [5.41, 5.74) is 0.970. The zero-order valence-corrected chi connectivity index (χ0v) is 11.4. The largest absolute Gasteiger partial charge is 0.494 e. The monoisotopic (exact) mass is 258 g/mol. The Morgan fingerprint density at radius 1 is 1.35 bits per heavy atom. The molecule has 1 rings (SSSR count). The lowest BCUT2D eigenvalue weighted by molar-refractivity contribution is 0.386. The van der Waals surface area contributed by atoms with E-state index in [1.807, 2.05) is 6.07 Å². The SMILES string of the molecule is COc1ccc(CCC(Cl)CC(C)C)cc1F. The van der Waals surface area contributed by atoms with Crippen LogP contribution in [0.5, 0.6) is 5.75 Å². The maximum Gasteiger partial charge on any atom is 0.165 e. The van der Waals surface area contributed by atoms with E-state index in [2.05, 4.69) is 13.8 Å². The molecule has 0 saturated carbocycles. The van der Waals surface area contributed by atoms with Crippen molar-refractivity contribution in [3.8, 4) is 5.75 Å². The topological polar surface area (TPSA) is 9.23 Å². The molecule has 0 bridgehead atoms. The van der Waals surface area contributed by atoms with Gasteiger partial charge in [0.1, 0.15) is 0 Å². The van der Waals surface area contributed by atoms with E-state index in [1.165, 1.54) is 13.2 Å². The highest BCUT2D eigenvalue weighted by molar-refractivity contribution is 6.20. The van der Waals surface area contributed by atoms with Crippen molar-refractivity contribution in [2.24, 2.45) is 5.92 Å². The molecule has 0 aliphatic carbocycles. The van der Waals surface area contributed by atoms with Crippen LogP contribution in [0.1, 0.15) is 32.3 Å². The van der Waals surface area contributed by atoms with Crippen molar-refractivity contribution >= 4 is 11.6 Å². The van der Waals surface area contributed by atoms with E-state index in [0.717, 1.165) is 24.8 Å². The van der Waals surface area contributed by atoms with Crippen molar-refractivity contribution in [1.29, 1.82) is 0 Å². The molecule has 0 N–H and O–H groups in total. The highest BCUT2D eigenvalue weighted by atomic mass is 35.5. The second-order valence-corrected chi connectivity index (χ2v) is 5.35. The van der Waals surface area contributed by atoms with Gasteiger partial charge in [-0.05, 0) is 42.9 Å². The summed E-state index contributed by atoms with van der Waals surface area (Å²) in [7, 11) is 1.47. The molecule has 0 amide bonds. The molecule has 0 spiro atoms. The number of hydrogen-bond acceptors (Lipinski definition) is 1. The number of hydrogen-bond donors (Lipinski definition) is 0. The molecule has 1 unspecified atom stereocenters. The van der Waals surface area contributed by atoms with E-state index in [0.29, 0.717) is 11.7 Å². The average Bonchev–Trinajstić information content (AvgIpc) is 2.25.